The summed E-state index contributed by atoms with van der Waals surface area (Å²) >= 11 is 0. The molecule has 1 aromatic heterocycles. The summed E-state index contributed by atoms with van der Waals surface area (Å²) in [5, 5.41) is 2.76. The van der Waals surface area contributed by atoms with Crippen LogP contribution in [0.15, 0.2) is 35.3 Å². The number of rotatable bonds is 2. The van der Waals surface area contributed by atoms with E-state index in [1.54, 1.807) is 4.90 Å². The van der Waals surface area contributed by atoms with Crippen molar-refractivity contribution in [2.45, 2.75) is 24.4 Å². The first-order valence-electron chi connectivity index (χ1n) is 8.41. The Labute approximate surface area is 146 Å². The predicted molar refractivity (Wildman–Crippen MR) is 89.3 cm³/mol. The first-order valence-corrected chi connectivity index (χ1v) is 8.41. The number of hydrogen-bond acceptors (Lipinski definition) is 3. The first kappa shape index (κ1) is 17.1. The van der Waals surface area contributed by atoms with Crippen LogP contribution >= 0.6 is 0 Å². The molecule has 2 N–H and O–H groups in total. The smallest absolute Gasteiger partial charge is 0.351 e. The average Bonchev–Trinajstić information content (AvgIpc) is 3.08. The van der Waals surface area contributed by atoms with Gasteiger partial charge in [0.05, 0.1) is 0 Å². The zero-order valence-corrected chi connectivity index (χ0v) is 13.8. The number of nitrogens with one attached hydrogen (secondary N) is 2. The van der Waals surface area contributed by atoms with Crippen LogP contribution in [-0.4, -0.2) is 35.7 Å². The number of H-pyrrole nitrogens is 1. The largest absolute Gasteiger partial charge is 0.403 e. The molecule has 0 spiro atoms. The van der Waals surface area contributed by atoms with Crippen molar-refractivity contribution >= 4 is 11.4 Å². The molecule has 1 aromatic carbocycles. The maximum Gasteiger partial charge on any atom is 0.403 e. The van der Waals surface area contributed by atoms with Crippen LogP contribution in [0.3, 0.4) is 0 Å². The maximum absolute atomic E-state index is 14.6. The molecule has 0 radical (unpaired) electrons. The Kier molecular flexibility index (Phi) is 3.83. The van der Waals surface area contributed by atoms with E-state index >= 15 is 0 Å². The van der Waals surface area contributed by atoms with Crippen LogP contribution in [-0.2, 0) is 5.41 Å². The second kappa shape index (κ2) is 5.84. The van der Waals surface area contributed by atoms with E-state index in [0.717, 1.165) is 25.0 Å². The molecule has 2 aliphatic heterocycles. The van der Waals surface area contributed by atoms with Crippen molar-refractivity contribution in [1.82, 2.24) is 9.88 Å². The van der Waals surface area contributed by atoms with Crippen LogP contribution in [0.5, 0.6) is 0 Å². The van der Waals surface area contributed by atoms with Crippen LogP contribution in [0.25, 0.3) is 0 Å². The molecule has 0 amide bonds. The summed E-state index contributed by atoms with van der Waals surface area (Å²) in [6, 6.07) is 4.53. The lowest BCUT2D eigenvalue weighted by Crippen LogP contribution is -2.53. The zero-order chi connectivity index (χ0) is 18.5. The molecule has 2 aromatic rings. The van der Waals surface area contributed by atoms with Crippen molar-refractivity contribution < 1.29 is 17.6 Å². The molecule has 138 valence electrons. The molecule has 8 heteroatoms. The summed E-state index contributed by atoms with van der Waals surface area (Å²) in [6.07, 6.45) is -1.85. The van der Waals surface area contributed by atoms with Crippen molar-refractivity contribution in [2.75, 3.05) is 25.0 Å². The second-order valence-electron chi connectivity index (χ2n) is 6.80. The number of pyridine rings is 1. The van der Waals surface area contributed by atoms with Gasteiger partial charge in [0.15, 0.2) is 0 Å². The number of hydrogen-bond donors (Lipinski definition) is 2. The number of likely N-dealkylation sites (tertiary alicyclic amines) is 1. The van der Waals surface area contributed by atoms with E-state index in [1.165, 1.54) is 18.3 Å². The van der Waals surface area contributed by atoms with E-state index in [1.807, 2.05) is 0 Å². The fourth-order valence-corrected chi connectivity index (χ4v) is 4.06. The second-order valence-corrected chi connectivity index (χ2v) is 6.80. The van der Waals surface area contributed by atoms with Gasteiger partial charge >= 0.3 is 6.18 Å². The molecule has 2 aliphatic rings. The number of aromatic amines is 1. The third-order valence-corrected chi connectivity index (χ3v) is 5.27. The number of halogens is 4. The van der Waals surface area contributed by atoms with Gasteiger partial charge in [0.2, 0.25) is 0 Å². The minimum atomic E-state index is -4.71. The Morgan fingerprint density at radius 2 is 1.85 bits per heavy atom. The van der Waals surface area contributed by atoms with Crippen LogP contribution in [0.2, 0.25) is 0 Å². The molecule has 4 rings (SSSR count). The molecule has 1 unspecified atom stereocenters. The van der Waals surface area contributed by atoms with Gasteiger partial charge in [-0.2, -0.15) is 13.2 Å². The Morgan fingerprint density at radius 3 is 2.54 bits per heavy atom. The first-order chi connectivity index (χ1) is 12.3. The lowest BCUT2D eigenvalue weighted by Gasteiger charge is -2.43. The van der Waals surface area contributed by atoms with Gasteiger partial charge in [-0.15, -0.1) is 0 Å². The molecule has 1 saturated heterocycles. The summed E-state index contributed by atoms with van der Waals surface area (Å²) in [4.78, 5) is 16.4. The Bertz CT molecular complexity index is 902. The van der Waals surface area contributed by atoms with Crippen molar-refractivity contribution in [2.24, 2.45) is 0 Å². The van der Waals surface area contributed by atoms with E-state index in [9.17, 15) is 22.4 Å². The molecular formula is C18H17F4N3O. The number of fused-ring (bicyclic) bond motifs is 2. The Hall–Kier alpha value is -2.35. The predicted octanol–water partition coefficient (Wildman–Crippen LogP) is 3.52. The fraction of sp³-hybridized carbons (Fsp3) is 0.389. The molecule has 26 heavy (non-hydrogen) atoms. The SMILES string of the molecule is O=c1[nH]ccc2c1Nc1ccc(F)cc1C2(CN1CCCC1)C(F)(F)F. The topological polar surface area (TPSA) is 48.1 Å². The summed E-state index contributed by atoms with van der Waals surface area (Å²) in [6.45, 7) is 0.758. The molecule has 4 nitrogen and oxygen atoms in total. The average molecular weight is 367 g/mol. The van der Waals surface area contributed by atoms with Crippen molar-refractivity contribution in [3.63, 3.8) is 0 Å². The standard InChI is InChI=1S/C18H17F4N3O/c19-11-3-4-14-13(9-11)17(18(20,21)22,10-25-7-1-2-8-25)12-5-6-23-16(26)15(12)24-14/h3-6,9,24H,1-2,7-8,10H2,(H,23,26). The quantitative estimate of drug-likeness (QED) is 0.799. The summed E-state index contributed by atoms with van der Waals surface area (Å²) in [7, 11) is 0. The van der Waals surface area contributed by atoms with Crippen molar-refractivity contribution in [3.05, 3.63) is 57.8 Å². The van der Waals surface area contributed by atoms with Crippen LogP contribution in [0.1, 0.15) is 24.0 Å². The monoisotopic (exact) mass is 367 g/mol. The lowest BCUT2D eigenvalue weighted by molar-refractivity contribution is -0.182. The Balaban J connectivity index is 2.03. The van der Waals surface area contributed by atoms with Crippen LogP contribution in [0.4, 0.5) is 28.9 Å². The third-order valence-electron chi connectivity index (χ3n) is 5.27. The highest BCUT2D eigenvalue weighted by molar-refractivity contribution is 5.76. The number of aromatic nitrogens is 1. The molecule has 0 bridgehead atoms. The minimum Gasteiger partial charge on any atom is -0.351 e. The molecule has 3 heterocycles. The number of alkyl halides is 3. The van der Waals surface area contributed by atoms with Crippen molar-refractivity contribution in [3.8, 4) is 0 Å². The number of anilines is 2. The van der Waals surface area contributed by atoms with Crippen LogP contribution < -0.4 is 10.9 Å². The minimum absolute atomic E-state index is 0.104. The Morgan fingerprint density at radius 1 is 1.12 bits per heavy atom. The molecular weight excluding hydrogens is 350 g/mol. The third kappa shape index (κ3) is 2.43. The summed E-state index contributed by atoms with van der Waals surface area (Å²) in [5.41, 5.74) is -3.49. The molecule has 0 saturated carbocycles. The maximum atomic E-state index is 14.6. The van der Waals surface area contributed by atoms with E-state index in [2.05, 4.69) is 10.3 Å². The van der Waals surface area contributed by atoms with Gasteiger partial charge < -0.3 is 15.2 Å². The highest BCUT2D eigenvalue weighted by Crippen LogP contribution is 2.54. The highest BCUT2D eigenvalue weighted by Gasteiger charge is 2.61. The molecule has 0 aliphatic carbocycles. The fourth-order valence-electron chi connectivity index (χ4n) is 4.06. The van der Waals surface area contributed by atoms with E-state index in [-0.39, 0.29) is 29.0 Å². The zero-order valence-electron chi connectivity index (χ0n) is 13.8. The summed E-state index contributed by atoms with van der Waals surface area (Å²) in [5.74, 6) is -0.742. The number of benzene rings is 1. The summed E-state index contributed by atoms with van der Waals surface area (Å²) < 4.78 is 57.7. The van der Waals surface area contributed by atoms with E-state index < -0.39 is 23.0 Å². The van der Waals surface area contributed by atoms with Gasteiger partial charge in [-0.25, -0.2) is 4.39 Å². The van der Waals surface area contributed by atoms with E-state index in [4.69, 9.17) is 0 Å². The molecule has 1 atom stereocenters. The van der Waals surface area contributed by atoms with Gasteiger partial charge in [-0.05, 0) is 55.8 Å². The van der Waals surface area contributed by atoms with Crippen molar-refractivity contribution in [1.29, 1.82) is 0 Å². The van der Waals surface area contributed by atoms with Gasteiger partial charge in [-0.1, -0.05) is 0 Å². The lowest BCUT2D eigenvalue weighted by atomic mass is 9.70. The van der Waals surface area contributed by atoms with Gasteiger partial charge in [-0.3, -0.25) is 4.79 Å². The normalized spacial score (nSPS) is 22.6. The van der Waals surface area contributed by atoms with E-state index in [0.29, 0.717) is 13.1 Å². The van der Waals surface area contributed by atoms with Gasteiger partial charge in [0, 0.05) is 24.0 Å². The van der Waals surface area contributed by atoms with Crippen LogP contribution in [0, 0.1) is 5.82 Å². The highest BCUT2D eigenvalue weighted by atomic mass is 19.4. The molecule has 1 fully saturated rings. The number of nitrogens with zero attached hydrogens (tertiary/aromatic N) is 1. The van der Waals surface area contributed by atoms with Gasteiger partial charge in [0.25, 0.3) is 5.56 Å². The van der Waals surface area contributed by atoms with Gasteiger partial charge in [0.1, 0.15) is 16.9 Å².